The Balaban J connectivity index is 2.07. The highest BCUT2D eigenvalue weighted by Gasteiger charge is 2.09. The molecule has 0 bridgehead atoms. The first-order valence-corrected chi connectivity index (χ1v) is 7.78. The maximum atomic E-state index is 13.1. The highest BCUT2D eigenvalue weighted by Crippen LogP contribution is 2.22. The van der Waals surface area contributed by atoms with Crippen molar-refractivity contribution in [2.45, 2.75) is 4.90 Å². The standard InChI is InChI=1S/C14H11FN2O2S/c1-20(18,19)11-5-2-9(3-6-11)14-16-12-7-4-10(15)8-13(12)17-14/h2-8H,1H3,(H,16,17). The van der Waals surface area contributed by atoms with Gasteiger partial charge in [-0.2, -0.15) is 0 Å². The summed E-state index contributed by atoms with van der Waals surface area (Å²) in [5.74, 6) is 0.241. The molecule has 0 radical (unpaired) electrons. The molecule has 0 amide bonds. The number of sulfone groups is 1. The van der Waals surface area contributed by atoms with Gasteiger partial charge in [0.25, 0.3) is 0 Å². The van der Waals surface area contributed by atoms with Crippen LogP contribution < -0.4 is 0 Å². The first-order valence-electron chi connectivity index (χ1n) is 5.89. The van der Waals surface area contributed by atoms with Gasteiger partial charge in [-0.3, -0.25) is 0 Å². The third-order valence-electron chi connectivity index (χ3n) is 3.00. The third-order valence-corrected chi connectivity index (χ3v) is 4.13. The second kappa shape index (κ2) is 4.42. The molecule has 0 aliphatic heterocycles. The molecule has 102 valence electrons. The van der Waals surface area contributed by atoms with E-state index in [1.807, 2.05) is 0 Å². The van der Waals surface area contributed by atoms with E-state index in [9.17, 15) is 12.8 Å². The second-order valence-electron chi connectivity index (χ2n) is 4.54. The molecule has 0 aliphatic carbocycles. The van der Waals surface area contributed by atoms with Gasteiger partial charge in [0.2, 0.25) is 0 Å². The fourth-order valence-corrected chi connectivity index (χ4v) is 2.61. The first-order chi connectivity index (χ1) is 9.43. The topological polar surface area (TPSA) is 62.8 Å². The minimum absolute atomic E-state index is 0.253. The van der Waals surface area contributed by atoms with Crippen LogP contribution in [0.2, 0.25) is 0 Å². The predicted octanol–water partition coefficient (Wildman–Crippen LogP) is 2.77. The van der Waals surface area contributed by atoms with E-state index < -0.39 is 9.84 Å². The van der Waals surface area contributed by atoms with Gasteiger partial charge >= 0.3 is 0 Å². The van der Waals surface area contributed by atoms with Crippen LogP contribution in [0.5, 0.6) is 0 Å². The highest BCUT2D eigenvalue weighted by atomic mass is 32.2. The molecule has 0 unspecified atom stereocenters. The van der Waals surface area contributed by atoms with Gasteiger partial charge in [-0.1, -0.05) is 0 Å². The summed E-state index contributed by atoms with van der Waals surface area (Å²) < 4.78 is 35.9. The van der Waals surface area contributed by atoms with Crippen LogP contribution >= 0.6 is 0 Å². The molecule has 1 aromatic heterocycles. The lowest BCUT2D eigenvalue weighted by Crippen LogP contribution is -1.96. The summed E-state index contributed by atoms with van der Waals surface area (Å²) in [5.41, 5.74) is 2.01. The van der Waals surface area contributed by atoms with Crippen LogP contribution in [-0.2, 0) is 9.84 Å². The smallest absolute Gasteiger partial charge is 0.175 e. The zero-order chi connectivity index (χ0) is 14.3. The number of H-pyrrole nitrogens is 1. The number of halogens is 1. The molecule has 0 saturated carbocycles. The summed E-state index contributed by atoms with van der Waals surface area (Å²) in [6.07, 6.45) is 1.16. The average molecular weight is 290 g/mol. The van der Waals surface area contributed by atoms with E-state index in [0.717, 1.165) is 11.8 Å². The molecule has 2 aromatic carbocycles. The molecule has 0 saturated heterocycles. The lowest BCUT2D eigenvalue weighted by molar-refractivity contribution is 0.602. The molecule has 6 heteroatoms. The molecule has 0 aliphatic rings. The summed E-state index contributed by atoms with van der Waals surface area (Å²) in [6, 6.07) is 10.7. The molecule has 0 fully saturated rings. The number of aromatic nitrogens is 2. The zero-order valence-electron chi connectivity index (χ0n) is 10.6. The molecular formula is C14H11FN2O2S. The average Bonchev–Trinajstić information content (AvgIpc) is 2.80. The fraction of sp³-hybridized carbons (Fsp3) is 0.0714. The van der Waals surface area contributed by atoms with Crippen molar-refractivity contribution in [3.8, 4) is 11.4 Å². The number of nitrogens with one attached hydrogen (secondary N) is 1. The van der Waals surface area contributed by atoms with Crippen molar-refractivity contribution in [2.24, 2.45) is 0 Å². The van der Waals surface area contributed by atoms with Crippen LogP contribution in [0.15, 0.2) is 47.4 Å². The Morgan fingerprint density at radius 1 is 1.10 bits per heavy atom. The van der Waals surface area contributed by atoms with Gasteiger partial charge in [-0.05, 0) is 42.5 Å². The van der Waals surface area contributed by atoms with Gasteiger partial charge in [0.15, 0.2) is 9.84 Å². The molecular weight excluding hydrogens is 279 g/mol. The van der Waals surface area contributed by atoms with Gasteiger partial charge in [0.05, 0.1) is 15.9 Å². The van der Waals surface area contributed by atoms with Crippen LogP contribution in [-0.4, -0.2) is 24.6 Å². The van der Waals surface area contributed by atoms with Gasteiger partial charge in [-0.15, -0.1) is 0 Å². The highest BCUT2D eigenvalue weighted by molar-refractivity contribution is 7.90. The normalized spacial score (nSPS) is 11.9. The van der Waals surface area contributed by atoms with Crippen molar-refractivity contribution in [1.29, 1.82) is 0 Å². The van der Waals surface area contributed by atoms with Gasteiger partial charge in [0, 0.05) is 11.8 Å². The Morgan fingerprint density at radius 3 is 2.45 bits per heavy atom. The van der Waals surface area contributed by atoms with E-state index >= 15 is 0 Å². The summed E-state index contributed by atoms with van der Waals surface area (Å²) in [7, 11) is -3.21. The predicted molar refractivity (Wildman–Crippen MR) is 74.6 cm³/mol. The first kappa shape index (κ1) is 12.8. The molecule has 0 spiro atoms. The molecule has 3 aromatic rings. The van der Waals surface area contributed by atoms with E-state index in [1.54, 1.807) is 18.2 Å². The Hall–Kier alpha value is -2.21. The lowest BCUT2D eigenvalue weighted by Gasteiger charge is -1.99. The van der Waals surface area contributed by atoms with Crippen molar-refractivity contribution < 1.29 is 12.8 Å². The van der Waals surface area contributed by atoms with Crippen molar-refractivity contribution in [2.75, 3.05) is 6.26 Å². The number of benzene rings is 2. The van der Waals surface area contributed by atoms with Crippen molar-refractivity contribution in [1.82, 2.24) is 9.97 Å². The second-order valence-corrected chi connectivity index (χ2v) is 6.56. The Morgan fingerprint density at radius 2 is 1.80 bits per heavy atom. The van der Waals surface area contributed by atoms with Crippen molar-refractivity contribution >= 4 is 20.9 Å². The maximum absolute atomic E-state index is 13.1. The summed E-state index contributed by atoms with van der Waals surface area (Å²) in [6.45, 7) is 0. The van der Waals surface area contributed by atoms with Gasteiger partial charge < -0.3 is 4.98 Å². The van der Waals surface area contributed by atoms with E-state index in [2.05, 4.69) is 9.97 Å². The maximum Gasteiger partial charge on any atom is 0.175 e. The van der Waals surface area contributed by atoms with E-state index in [4.69, 9.17) is 0 Å². The molecule has 0 atom stereocenters. The monoisotopic (exact) mass is 290 g/mol. The zero-order valence-corrected chi connectivity index (χ0v) is 11.4. The molecule has 3 rings (SSSR count). The number of aromatic amines is 1. The number of imidazole rings is 1. The lowest BCUT2D eigenvalue weighted by atomic mass is 10.2. The minimum Gasteiger partial charge on any atom is -0.338 e. The quantitative estimate of drug-likeness (QED) is 0.789. The molecule has 20 heavy (non-hydrogen) atoms. The summed E-state index contributed by atoms with van der Waals surface area (Å²) in [5, 5.41) is 0. The van der Waals surface area contributed by atoms with Gasteiger partial charge in [0.1, 0.15) is 11.6 Å². The Bertz CT molecular complexity index is 883. The molecule has 1 heterocycles. The van der Waals surface area contributed by atoms with E-state index in [1.165, 1.54) is 24.3 Å². The van der Waals surface area contributed by atoms with Crippen LogP contribution in [0.1, 0.15) is 0 Å². The van der Waals surface area contributed by atoms with Crippen LogP contribution in [0, 0.1) is 5.82 Å². The van der Waals surface area contributed by atoms with Crippen molar-refractivity contribution in [3.05, 3.63) is 48.3 Å². The summed E-state index contributed by atoms with van der Waals surface area (Å²) in [4.78, 5) is 7.61. The summed E-state index contributed by atoms with van der Waals surface area (Å²) >= 11 is 0. The Kier molecular flexibility index (Phi) is 2.83. The Labute approximate surface area is 115 Å². The SMILES string of the molecule is CS(=O)(=O)c1ccc(-c2nc3ccc(F)cc3[nH]2)cc1. The van der Waals surface area contributed by atoms with E-state index in [-0.39, 0.29) is 10.7 Å². The van der Waals surface area contributed by atoms with Gasteiger partial charge in [-0.25, -0.2) is 17.8 Å². The van der Waals surface area contributed by atoms with Crippen LogP contribution in [0.3, 0.4) is 0 Å². The van der Waals surface area contributed by atoms with E-state index in [0.29, 0.717) is 16.9 Å². The van der Waals surface area contributed by atoms with Crippen molar-refractivity contribution in [3.63, 3.8) is 0 Å². The largest absolute Gasteiger partial charge is 0.338 e. The number of rotatable bonds is 2. The number of hydrogen-bond acceptors (Lipinski definition) is 3. The third kappa shape index (κ3) is 2.30. The molecule has 1 N–H and O–H groups in total. The fourth-order valence-electron chi connectivity index (χ4n) is 1.98. The number of hydrogen-bond donors (Lipinski definition) is 1. The number of nitrogens with zero attached hydrogens (tertiary/aromatic N) is 1. The van der Waals surface area contributed by atoms with Crippen LogP contribution in [0.25, 0.3) is 22.4 Å². The minimum atomic E-state index is -3.21. The molecule has 4 nitrogen and oxygen atoms in total. The number of fused-ring (bicyclic) bond motifs is 1. The van der Waals surface area contributed by atoms with Crippen LogP contribution in [0.4, 0.5) is 4.39 Å².